The number of methoxy groups -OCH3 is 1. The van der Waals surface area contributed by atoms with E-state index in [9.17, 15) is 4.79 Å². The highest BCUT2D eigenvalue weighted by molar-refractivity contribution is 5.77. The first-order valence-electron chi connectivity index (χ1n) is 9.17. The van der Waals surface area contributed by atoms with Gasteiger partial charge in [0.15, 0.2) is 0 Å². The second-order valence-corrected chi connectivity index (χ2v) is 6.57. The molecule has 2 aliphatic heterocycles. The van der Waals surface area contributed by atoms with Crippen LogP contribution in [0.15, 0.2) is 42.5 Å². The molecule has 1 fully saturated rings. The molecule has 3 atom stereocenters. The summed E-state index contributed by atoms with van der Waals surface area (Å²) in [5.41, 5.74) is 1.13. The molecule has 0 N–H and O–H groups in total. The van der Waals surface area contributed by atoms with Crippen LogP contribution in [-0.2, 0) is 30.4 Å². The predicted octanol–water partition coefficient (Wildman–Crippen LogP) is 2.83. The molecule has 1 amide bonds. The molecule has 142 valence electrons. The molecule has 6 heteroatoms. The van der Waals surface area contributed by atoms with E-state index in [0.717, 1.165) is 24.8 Å². The molecule has 0 aliphatic carbocycles. The molecule has 2 heterocycles. The third-order valence-corrected chi connectivity index (χ3v) is 4.60. The minimum atomic E-state index is -0.152. The lowest BCUT2D eigenvalue weighted by Crippen LogP contribution is -2.54. The summed E-state index contributed by atoms with van der Waals surface area (Å²) in [7, 11) is 1.60. The first-order valence-corrected chi connectivity index (χ1v) is 9.17. The Labute approximate surface area is 154 Å². The zero-order chi connectivity index (χ0) is 18.2. The summed E-state index contributed by atoms with van der Waals surface area (Å²) in [4.78, 5) is 18.2. The van der Waals surface area contributed by atoms with Crippen molar-refractivity contribution in [2.45, 2.75) is 50.5 Å². The third-order valence-electron chi connectivity index (χ3n) is 4.60. The van der Waals surface area contributed by atoms with Crippen molar-refractivity contribution in [2.24, 2.45) is 0 Å². The van der Waals surface area contributed by atoms with E-state index in [-0.39, 0.29) is 24.2 Å². The van der Waals surface area contributed by atoms with Gasteiger partial charge in [-0.1, -0.05) is 42.5 Å². The van der Waals surface area contributed by atoms with Gasteiger partial charge in [-0.2, -0.15) is 0 Å². The van der Waals surface area contributed by atoms with Gasteiger partial charge < -0.3 is 14.2 Å². The van der Waals surface area contributed by atoms with Crippen LogP contribution < -0.4 is 0 Å². The third kappa shape index (κ3) is 5.14. The number of hydrogen-bond acceptors (Lipinski definition) is 5. The van der Waals surface area contributed by atoms with E-state index in [1.165, 1.54) is 5.06 Å². The summed E-state index contributed by atoms with van der Waals surface area (Å²) in [6.07, 6.45) is 6.75. The molecule has 26 heavy (non-hydrogen) atoms. The van der Waals surface area contributed by atoms with E-state index in [0.29, 0.717) is 26.4 Å². The van der Waals surface area contributed by atoms with E-state index in [2.05, 4.69) is 6.08 Å². The number of hydrogen-bond donors (Lipinski definition) is 0. The van der Waals surface area contributed by atoms with Crippen LogP contribution >= 0.6 is 0 Å². The van der Waals surface area contributed by atoms with Crippen molar-refractivity contribution in [3.8, 4) is 0 Å². The van der Waals surface area contributed by atoms with Crippen molar-refractivity contribution in [1.29, 1.82) is 0 Å². The molecule has 0 aromatic heterocycles. The molecule has 6 nitrogen and oxygen atoms in total. The molecule has 2 aliphatic rings. The number of amides is 1. The Morgan fingerprint density at radius 3 is 2.88 bits per heavy atom. The number of hydroxylamine groups is 2. The van der Waals surface area contributed by atoms with Crippen molar-refractivity contribution < 1.29 is 23.8 Å². The minimum Gasteiger partial charge on any atom is -0.371 e. The number of fused-ring (bicyclic) bond motifs is 1. The van der Waals surface area contributed by atoms with Gasteiger partial charge in [0.1, 0.15) is 18.9 Å². The SMILES string of the molecule is COCOCCC[C@@H]1C=C[C@@H]2[C@@H](OCc3ccccc3)CCC(=O)N2O1. The van der Waals surface area contributed by atoms with Gasteiger partial charge in [0.2, 0.25) is 5.91 Å². The van der Waals surface area contributed by atoms with Crippen molar-refractivity contribution in [2.75, 3.05) is 20.5 Å². The predicted molar refractivity (Wildman–Crippen MR) is 96.0 cm³/mol. The van der Waals surface area contributed by atoms with Gasteiger partial charge in [0.05, 0.1) is 12.7 Å². The second kappa shape index (κ2) is 9.83. The van der Waals surface area contributed by atoms with Crippen LogP contribution in [0.1, 0.15) is 31.2 Å². The molecule has 1 aromatic carbocycles. The summed E-state index contributed by atoms with van der Waals surface area (Å²) in [6.45, 7) is 1.45. The highest BCUT2D eigenvalue weighted by Gasteiger charge is 2.39. The Morgan fingerprint density at radius 2 is 2.08 bits per heavy atom. The van der Waals surface area contributed by atoms with Crippen LogP contribution in [0, 0.1) is 0 Å². The number of carbonyl (C=O) groups is 1. The van der Waals surface area contributed by atoms with Gasteiger partial charge in [0.25, 0.3) is 0 Å². The number of carbonyl (C=O) groups excluding carboxylic acids is 1. The Balaban J connectivity index is 1.52. The molecule has 0 bridgehead atoms. The molecule has 0 unspecified atom stereocenters. The smallest absolute Gasteiger partial charge is 0.246 e. The summed E-state index contributed by atoms with van der Waals surface area (Å²) in [6, 6.07) is 9.92. The van der Waals surface area contributed by atoms with Gasteiger partial charge in [-0.3, -0.25) is 9.63 Å². The lowest BCUT2D eigenvalue weighted by Gasteiger charge is -2.42. The molecule has 0 saturated carbocycles. The molecular formula is C20H27NO5. The van der Waals surface area contributed by atoms with Crippen LogP contribution in [-0.4, -0.2) is 49.7 Å². The molecule has 1 saturated heterocycles. The first kappa shape index (κ1) is 19.0. The monoisotopic (exact) mass is 361 g/mol. The summed E-state index contributed by atoms with van der Waals surface area (Å²) < 4.78 is 16.2. The quantitative estimate of drug-likeness (QED) is 0.385. The maximum absolute atomic E-state index is 12.3. The number of ether oxygens (including phenoxy) is 3. The number of piperidine rings is 1. The van der Waals surface area contributed by atoms with E-state index in [1.807, 2.05) is 36.4 Å². The topological polar surface area (TPSA) is 57.2 Å². The summed E-state index contributed by atoms with van der Waals surface area (Å²) >= 11 is 0. The Bertz CT molecular complexity index is 591. The van der Waals surface area contributed by atoms with Gasteiger partial charge in [-0.15, -0.1) is 0 Å². The first-order chi connectivity index (χ1) is 12.8. The molecular weight excluding hydrogens is 334 g/mol. The Morgan fingerprint density at radius 1 is 1.23 bits per heavy atom. The molecule has 3 rings (SSSR count). The minimum absolute atomic E-state index is 0.0274. The average Bonchev–Trinajstić information content (AvgIpc) is 2.68. The van der Waals surface area contributed by atoms with Crippen molar-refractivity contribution in [3.05, 3.63) is 48.0 Å². The van der Waals surface area contributed by atoms with E-state index in [4.69, 9.17) is 19.0 Å². The van der Waals surface area contributed by atoms with Gasteiger partial charge in [-0.05, 0) is 24.8 Å². The lowest BCUT2D eigenvalue weighted by molar-refractivity contribution is -0.237. The second-order valence-electron chi connectivity index (χ2n) is 6.57. The van der Waals surface area contributed by atoms with Crippen molar-refractivity contribution >= 4 is 5.91 Å². The maximum Gasteiger partial charge on any atom is 0.246 e. The fraction of sp³-hybridized carbons (Fsp3) is 0.550. The molecule has 0 spiro atoms. The average molecular weight is 361 g/mol. The fourth-order valence-electron chi connectivity index (χ4n) is 3.25. The van der Waals surface area contributed by atoms with Crippen LogP contribution in [0.2, 0.25) is 0 Å². The fourth-order valence-corrected chi connectivity index (χ4v) is 3.25. The maximum atomic E-state index is 12.3. The highest BCUT2D eigenvalue weighted by Crippen LogP contribution is 2.28. The van der Waals surface area contributed by atoms with E-state index in [1.54, 1.807) is 7.11 Å². The zero-order valence-electron chi connectivity index (χ0n) is 15.2. The number of nitrogens with zero attached hydrogens (tertiary/aromatic N) is 1. The standard InChI is InChI=1S/C20H27NO5/c1-23-15-24-13-5-8-17-9-10-18-19(11-12-20(22)21(18)26-17)25-14-16-6-3-2-4-7-16/h2-4,6-7,9-10,17-19H,5,8,11-15H2,1H3/t17-,18-,19+/m1/s1. The van der Waals surface area contributed by atoms with E-state index >= 15 is 0 Å². The summed E-state index contributed by atoms with van der Waals surface area (Å²) in [5.74, 6) is 0.0274. The lowest BCUT2D eigenvalue weighted by atomic mass is 9.97. The summed E-state index contributed by atoms with van der Waals surface area (Å²) in [5, 5.41) is 1.51. The molecule has 1 aromatic rings. The van der Waals surface area contributed by atoms with Gasteiger partial charge >= 0.3 is 0 Å². The zero-order valence-corrected chi connectivity index (χ0v) is 15.2. The van der Waals surface area contributed by atoms with Gasteiger partial charge in [-0.25, -0.2) is 5.06 Å². The van der Waals surface area contributed by atoms with Crippen LogP contribution in [0.4, 0.5) is 0 Å². The Hall–Kier alpha value is -1.73. The van der Waals surface area contributed by atoms with Crippen molar-refractivity contribution in [3.63, 3.8) is 0 Å². The number of benzene rings is 1. The van der Waals surface area contributed by atoms with E-state index < -0.39 is 0 Å². The van der Waals surface area contributed by atoms with Crippen LogP contribution in [0.5, 0.6) is 0 Å². The Kier molecular flexibility index (Phi) is 7.20. The van der Waals surface area contributed by atoms with Gasteiger partial charge in [0, 0.05) is 20.1 Å². The van der Waals surface area contributed by atoms with Crippen LogP contribution in [0.3, 0.4) is 0 Å². The molecule has 0 radical (unpaired) electrons. The van der Waals surface area contributed by atoms with Crippen LogP contribution in [0.25, 0.3) is 0 Å². The van der Waals surface area contributed by atoms with Crippen molar-refractivity contribution in [1.82, 2.24) is 5.06 Å². The highest BCUT2D eigenvalue weighted by atomic mass is 16.7. The number of rotatable bonds is 9. The normalized spacial score (nSPS) is 25.3. The largest absolute Gasteiger partial charge is 0.371 e.